The fourth-order valence-corrected chi connectivity index (χ4v) is 9.76. The van der Waals surface area contributed by atoms with Crippen molar-refractivity contribution in [3.8, 4) is 45.3 Å². The lowest BCUT2D eigenvalue weighted by molar-refractivity contribution is 0.487. The first-order chi connectivity index (χ1) is 28.2. The van der Waals surface area contributed by atoms with Crippen molar-refractivity contribution in [2.45, 2.75) is 0 Å². The zero-order valence-corrected chi connectivity index (χ0v) is 31.4. The van der Waals surface area contributed by atoms with E-state index in [1.807, 2.05) is 0 Å². The second kappa shape index (κ2) is 12.6. The van der Waals surface area contributed by atoms with Gasteiger partial charge in [-0.25, -0.2) is 9.97 Å². The van der Waals surface area contributed by atoms with E-state index >= 15 is 0 Å². The van der Waals surface area contributed by atoms with E-state index in [-0.39, 0.29) is 0 Å². The van der Waals surface area contributed by atoms with Gasteiger partial charge in [0.1, 0.15) is 11.5 Å². The van der Waals surface area contributed by atoms with Crippen LogP contribution in [0.25, 0.3) is 86.4 Å². The standard InChI is InChI=1S/C52H31N3OS/c1-2-16-37(17-3-1)55(38-27-26-33-13-5-7-15-35(33)31-38)43-21-11-22-44-48(43)42-20-10-19-39-40(28-29-45(56-44)47(39)42)52-53-49(36-25-24-32-12-4-6-14-34(32)30-36)51-50(54-52)41-18-8-9-23-46(41)57-51/h1-31H. The molecule has 0 bridgehead atoms. The maximum Gasteiger partial charge on any atom is 0.161 e. The smallest absolute Gasteiger partial charge is 0.161 e. The van der Waals surface area contributed by atoms with Gasteiger partial charge in [0.2, 0.25) is 0 Å². The van der Waals surface area contributed by atoms with Crippen LogP contribution in [0.3, 0.4) is 0 Å². The number of hydrogen-bond acceptors (Lipinski definition) is 5. The highest BCUT2D eigenvalue weighted by atomic mass is 32.1. The Morgan fingerprint density at radius 1 is 0.474 bits per heavy atom. The Bertz CT molecular complexity index is 3410. The number of thiophene rings is 1. The van der Waals surface area contributed by atoms with Crippen LogP contribution >= 0.6 is 11.3 Å². The summed E-state index contributed by atoms with van der Waals surface area (Å²) in [6.07, 6.45) is 0. The van der Waals surface area contributed by atoms with Crippen molar-refractivity contribution >= 4 is 81.0 Å². The first-order valence-electron chi connectivity index (χ1n) is 19.1. The number of ether oxygens (including phenoxy) is 1. The molecule has 0 saturated heterocycles. The Kier molecular flexibility index (Phi) is 7.06. The van der Waals surface area contributed by atoms with Crippen LogP contribution < -0.4 is 9.64 Å². The molecule has 57 heavy (non-hydrogen) atoms. The van der Waals surface area contributed by atoms with Gasteiger partial charge >= 0.3 is 0 Å². The summed E-state index contributed by atoms with van der Waals surface area (Å²) >= 11 is 1.76. The lowest BCUT2D eigenvalue weighted by Crippen LogP contribution is -2.12. The maximum atomic E-state index is 6.86. The molecule has 2 aromatic heterocycles. The van der Waals surface area contributed by atoms with E-state index in [0.29, 0.717) is 5.82 Å². The third kappa shape index (κ3) is 5.06. The molecule has 3 heterocycles. The molecule has 12 rings (SSSR count). The lowest BCUT2D eigenvalue weighted by atomic mass is 9.90. The van der Waals surface area contributed by atoms with Crippen LogP contribution in [0, 0.1) is 0 Å². The molecular formula is C52H31N3OS. The first-order valence-corrected chi connectivity index (χ1v) is 20.0. The molecule has 11 aromatic rings. The van der Waals surface area contributed by atoms with Crippen LogP contribution in [-0.4, -0.2) is 9.97 Å². The second-order valence-electron chi connectivity index (χ2n) is 14.5. The van der Waals surface area contributed by atoms with Crippen LogP contribution in [0.15, 0.2) is 188 Å². The zero-order valence-electron chi connectivity index (χ0n) is 30.6. The first kappa shape index (κ1) is 32.0. The number of nitrogens with zero attached hydrogens (tertiary/aromatic N) is 3. The van der Waals surface area contributed by atoms with Gasteiger partial charge < -0.3 is 9.64 Å². The number of rotatable bonds is 5. The van der Waals surface area contributed by atoms with Gasteiger partial charge in [0.25, 0.3) is 0 Å². The highest BCUT2D eigenvalue weighted by Gasteiger charge is 2.28. The van der Waals surface area contributed by atoms with Crippen molar-refractivity contribution in [3.63, 3.8) is 0 Å². The average molecular weight is 746 g/mol. The fourth-order valence-electron chi connectivity index (χ4n) is 8.61. The monoisotopic (exact) mass is 745 g/mol. The Labute approximate surface area is 332 Å². The van der Waals surface area contributed by atoms with Gasteiger partial charge in [-0.1, -0.05) is 127 Å². The van der Waals surface area contributed by atoms with Crippen molar-refractivity contribution in [1.29, 1.82) is 0 Å². The van der Waals surface area contributed by atoms with Crippen LogP contribution in [-0.2, 0) is 0 Å². The molecule has 0 N–H and O–H groups in total. The van der Waals surface area contributed by atoms with E-state index in [1.54, 1.807) is 11.3 Å². The molecule has 0 unspecified atom stereocenters. The molecule has 0 aliphatic carbocycles. The molecule has 266 valence electrons. The van der Waals surface area contributed by atoms with Crippen molar-refractivity contribution in [2.24, 2.45) is 0 Å². The Balaban J connectivity index is 1.09. The van der Waals surface area contributed by atoms with Crippen LogP contribution in [0.4, 0.5) is 17.1 Å². The van der Waals surface area contributed by atoms with Crippen LogP contribution in [0.1, 0.15) is 0 Å². The van der Waals surface area contributed by atoms with Crippen molar-refractivity contribution < 1.29 is 4.74 Å². The predicted molar refractivity (Wildman–Crippen MR) is 239 cm³/mol. The minimum Gasteiger partial charge on any atom is -0.456 e. The summed E-state index contributed by atoms with van der Waals surface area (Å²) in [4.78, 5) is 13.2. The number of aromatic nitrogens is 2. The summed E-state index contributed by atoms with van der Waals surface area (Å²) in [6, 6.07) is 66.6. The lowest BCUT2D eigenvalue weighted by Gasteiger charge is -2.31. The normalized spacial score (nSPS) is 12.0. The van der Waals surface area contributed by atoms with Crippen molar-refractivity contribution in [3.05, 3.63) is 188 Å². The molecule has 0 atom stereocenters. The topological polar surface area (TPSA) is 38.2 Å². The third-order valence-corrected chi connectivity index (χ3v) is 12.4. The number of para-hydroxylation sites is 1. The Morgan fingerprint density at radius 2 is 1.19 bits per heavy atom. The molecule has 0 fully saturated rings. The quantitative estimate of drug-likeness (QED) is 0.176. The summed E-state index contributed by atoms with van der Waals surface area (Å²) in [7, 11) is 0. The predicted octanol–water partition coefficient (Wildman–Crippen LogP) is 14.9. The van der Waals surface area contributed by atoms with Gasteiger partial charge in [-0.15, -0.1) is 11.3 Å². The zero-order chi connectivity index (χ0) is 37.5. The molecule has 0 amide bonds. The molecule has 9 aromatic carbocycles. The number of anilines is 3. The Hall–Kier alpha value is -7.34. The van der Waals surface area contributed by atoms with Gasteiger partial charge in [-0.05, 0) is 93.2 Å². The summed E-state index contributed by atoms with van der Waals surface area (Å²) in [5.74, 6) is 2.34. The molecule has 0 saturated carbocycles. The molecular weight excluding hydrogens is 715 g/mol. The molecule has 5 heteroatoms. The summed E-state index contributed by atoms with van der Waals surface area (Å²) in [6.45, 7) is 0. The minimum atomic E-state index is 0.694. The molecule has 4 nitrogen and oxygen atoms in total. The van der Waals surface area contributed by atoms with Gasteiger partial charge in [-0.3, -0.25) is 0 Å². The van der Waals surface area contributed by atoms with Crippen molar-refractivity contribution in [1.82, 2.24) is 9.97 Å². The third-order valence-electron chi connectivity index (χ3n) is 11.2. The average Bonchev–Trinajstić information content (AvgIpc) is 3.65. The molecule has 0 spiro atoms. The maximum absolute atomic E-state index is 6.86. The molecule has 0 radical (unpaired) electrons. The van der Waals surface area contributed by atoms with Gasteiger partial charge in [0, 0.05) is 43.5 Å². The summed E-state index contributed by atoms with van der Waals surface area (Å²) in [5.41, 5.74) is 9.30. The minimum absolute atomic E-state index is 0.694. The van der Waals surface area contributed by atoms with Crippen LogP contribution in [0.2, 0.25) is 0 Å². The van der Waals surface area contributed by atoms with E-state index in [4.69, 9.17) is 14.7 Å². The van der Waals surface area contributed by atoms with Gasteiger partial charge in [0.15, 0.2) is 5.82 Å². The fraction of sp³-hybridized carbons (Fsp3) is 0. The summed E-state index contributed by atoms with van der Waals surface area (Å²) in [5, 5.41) is 8.02. The van der Waals surface area contributed by atoms with E-state index in [0.717, 1.165) is 82.9 Å². The second-order valence-corrected chi connectivity index (χ2v) is 15.6. The largest absolute Gasteiger partial charge is 0.456 e. The number of benzene rings is 9. The van der Waals surface area contributed by atoms with Gasteiger partial charge in [-0.2, -0.15) is 0 Å². The number of fused-ring (bicyclic) bond motifs is 7. The Morgan fingerprint density at radius 3 is 2.05 bits per heavy atom. The van der Waals surface area contributed by atoms with Crippen molar-refractivity contribution in [2.75, 3.05) is 4.90 Å². The highest BCUT2D eigenvalue weighted by molar-refractivity contribution is 7.26. The van der Waals surface area contributed by atoms with E-state index in [9.17, 15) is 0 Å². The number of hydrogen-bond donors (Lipinski definition) is 0. The highest BCUT2D eigenvalue weighted by Crippen LogP contribution is 2.54. The van der Waals surface area contributed by atoms with Crippen LogP contribution in [0.5, 0.6) is 11.5 Å². The van der Waals surface area contributed by atoms with E-state index < -0.39 is 0 Å². The van der Waals surface area contributed by atoms with E-state index in [2.05, 4.69) is 193 Å². The van der Waals surface area contributed by atoms with E-state index in [1.165, 1.54) is 26.2 Å². The van der Waals surface area contributed by atoms with Gasteiger partial charge in [0.05, 0.1) is 21.6 Å². The summed E-state index contributed by atoms with van der Waals surface area (Å²) < 4.78 is 9.15. The molecule has 1 aliphatic rings. The molecule has 1 aliphatic heterocycles. The SMILES string of the molecule is c1ccc(N(c2ccc3ccccc3c2)c2cccc3c2-c2cccc4c(-c5nc(-c6ccc7ccccc7c6)c6sc7ccccc7c6n5)ccc(c24)O3)cc1.